The highest BCUT2D eigenvalue weighted by molar-refractivity contribution is 5.90. The fourth-order valence-corrected chi connectivity index (χ4v) is 2.93. The molecule has 24 heavy (non-hydrogen) atoms. The molecule has 1 aliphatic rings. The molecule has 4 N–H and O–H groups in total. The molecule has 3 rings (SSSR count). The number of urea groups is 1. The summed E-state index contributed by atoms with van der Waals surface area (Å²) in [6.45, 7) is 2.01. The van der Waals surface area contributed by atoms with E-state index in [0.717, 1.165) is 43.5 Å². The maximum Gasteiger partial charge on any atom is 0.319 e. The minimum Gasteiger partial charge on any atom is -0.391 e. The van der Waals surface area contributed by atoms with Gasteiger partial charge in [-0.2, -0.15) is 5.10 Å². The second-order valence-electron chi connectivity index (χ2n) is 6.10. The van der Waals surface area contributed by atoms with Gasteiger partial charge < -0.3 is 15.7 Å². The topological polar surface area (TPSA) is 103 Å². The number of amides is 2. The van der Waals surface area contributed by atoms with Crippen LogP contribution in [-0.4, -0.2) is 38.5 Å². The summed E-state index contributed by atoms with van der Waals surface area (Å²) < 4.78 is 0. The summed E-state index contributed by atoms with van der Waals surface area (Å²) >= 11 is 0. The number of aryl methyl sites for hydroxylation is 1. The number of nitrogens with one attached hydrogen (secondary N) is 3. The predicted octanol–water partition coefficient (Wildman–Crippen LogP) is 2.46. The van der Waals surface area contributed by atoms with Crippen molar-refractivity contribution in [1.29, 1.82) is 0 Å². The smallest absolute Gasteiger partial charge is 0.319 e. The normalized spacial score (nSPS) is 20.6. The number of hydrogen-bond acceptors (Lipinski definition) is 4. The van der Waals surface area contributed by atoms with Crippen LogP contribution < -0.4 is 10.6 Å². The predicted molar refractivity (Wildman–Crippen MR) is 91.6 cm³/mol. The minimum absolute atomic E-state index is 0.179. The van der Waals surface area contributed by atoms with Crippen LogP contribution in [0.25, 0.3) is 11.4 Å². The van der Waals surface area contributed by atoms with E-state index in [-0.39, 0.29) is 12.1 Å². The highest BCUT2D eigenvalue weighted by atomic mass is 16.3. The van der Waals surface area contributed by atoms with Crippen molar-refractivity contribution in [2.75, 3.05) is 5.32 Å². The van der Waals surface area contributed by atoms with Crippen molar-refractivity contribution >= 4 is 11.7 Å². The Morgan fingerprint density at radius 2 is 2.21 bits per heavy atom. The summed E-state index contributed by atoms with van der Waals surface area (Å²) in [4.78, 5) is 16.5. The third-order valence-corrected chi connectivity index (χ3v) is 4.29. The number of carbonyl (C=O) groups excluding carboxylic acids is 1. The Hall–Kier alpha value is -2.41. The number of carbonyl (C=O) groups is 1. The van der Waals surface area contributed by atoms with E-state index in [9.17, 15) is 9.90 Å². The number of aromatic amines is 1. The first-order chi connectivity index (χ1) is 11.7. The molecule has 0 spiro atoms. The number of aliphatic hydroxyl groups is 1. The minimum atomic E-state index is -0.462. The lowest BCUT2D eigenvalue weighted by Crippen LogP contribution is -2.46. The summed E-state index contributed by atoms with van der Waals surface area (Å²) in [5, 5.41) is 22.7. The highest BCUT2D eigenvalue weighted by Gasteiger charge is 2.24. The average Bonchev–Trinajstić information content (AvgIpc) is 3.06. The van der Waals surface area contributed by atoms with Crippen molar-refractivity contribution in [3.8, 4) is 11.4 Å². The summed E-state index contributed by atoms with van der Waals surface area (Å²) in [5.41, 5.74) is 1.50. The van der Waals surface area contributed by atoms with E-state index in [1.807, 2.05) is 31.2 Å². The van der Waals surface area contributed by atoms with Crippen LogP contribution in [0.15, 0.2) is 24.3 Å². The molecule has 1 fully saturated rings. The Balaban J connectivity index is 1.64. The summed E-state index contributed by atoms with van der Waals surface area (Å²) in [7, 11) is 0. The van der Waals surface area contributed by atoms with Crippen molar-refractivity contribution < 1.29 is 9.90 Å². The third kappa shape index (κ3) is 3.91. The molecule has 1 saturated carbocycles. The first kappa shape index (κ1) is 16.4. The zero-order valence-electron chi connectivity index (χ0n) is 13.7. The van der Waals surface area contributed by atoms with Crippen molar-refractivity contribution in [3.63, 3.8) is 0 Å². The fourth-order valence-electron chi connectivity index (χ4n) is 2.93. The fraction of sp³-hybridized carbons (Fsp3) is 0.471. The van der Waals surface area contributed by atoms with Gasteiger partial charge in [-0.25, -0.2) is 9.78 Å². The first-order valence-corrected chi connectivity index (χ1v) is 8.43. The Morgan fingerprint density at radius 3 is 2.96 bits per heavy atom. The lowest BCUT2D eigenvalue weighted by atomic mass is 9.93. The van der Waals surface area contributed by atoms with Crippen molar-refractivity contribution in [2.45, 2.75) is 51.2 Å². The number of H-pyrrole nitrogens is 1. The van der Waals surface area contributed by atoms with Gasteiger partial charge in [0.15, 0.2) is 5.82 Å². The molecule has 7 nitrogen and oxygen atoms in total. The van der Waals surface area contributed by atoms with Gasteiger partial charge in [-0.3, -0.25) is 5.10 Å². The van der Waals surface area contributed by atoms with Gasteiger partial charge in [0.25, 0.3) is 0 Å². The lowest BCUT2D eigenvalue weighted by molar-refractivity contribution is 0.0955. The Kier molecular flexibility index (Phi) is 5.10. The molecule has 0 aliphatic heterocycles. The van der Waals surface area contributed by atoms with E-state index >= 15 is 0 Å². The van der Waals surface area contributed by atoms with Gasteiger partial charge >= 0.3 is 6.03 Å². The number of aliphatic hydroxyl groups excluding tert-OH is 1. The molecule has 1 aromatic heterocycles. The molecule has 0 radical (unpaired) electrons. The van der Waals surface area contributed by atoms with Gasteiger partial charge in [0, 0.05) is 17.7 Å². The molecule has 1 aliphatic carbocycles. The van der Waals surface area contributed by atoms with Crippen LogP contribution in [-0.2, 0) is 6.42 Å². The maximum absolute atomic E-state index is 12.2. The van der Waals surface area contributed by atoms with Crippen LogP contribution in [0.4, 0.5) is 10.5 Å². The van der Waals surface area contributed by atoms with Gasteiger partial charge in [0.05, 0.1) is 12.1 Å². The number of benzene rings is 1. The zero-order valence-corrected chi connectivity index (χ0v) is 13.7. The van der Waals surface area contributed by atoms with Crippen molar-refractivity contribution in [1.82, 2.24) is 20.5 Å². The second kappa shape index (κ2) is 7.44. The van der Waals surface area contributed by atoms with Crippen LogP contribution in [0.1, 0.15) is 38.4 Å². The van der Waals surface area contributed by atoms with Gasteiger partial charge in [-0.05, 0) is 25.0 Å². The standard InChI is InChI=1S/C17H23N5O2/c1-2-15-20-16(22-21-15)11-6-5-7-12(10-11)18-17(24)19-13-8-3-4-9-14(13)23/h5-7,10,13-14,23H,2-4,8-9H2,1H3,(H2,18,19,24)(H,20,21,22)/t13-,14-/m0/s1. The zero-order chi connectivity index (χ0) is 16.9. The van der Waals surface area contributed by atoms with Crippen LogP contribution >= 0.6 is 0 Å². The highest BCUT2D eigenvalue weighted by Crippen LogP contribution is 2.21. The van der Waals surface area contributed by atoms with Crippen LogP contribution in [0.5, 0.6) is 0 Å². The van der Waals surface area contributed by atoms with Gasteiger partial charge in [-0.15, -0.1) is 0 Å². The summed E-state index contributed by atoms with van der Waals surface area (Å²) in [6.07, 6.45) is 3.92. The number of anilines is 1. The molecule has 1 heterocycles. The lowest BCUT2D eigenvalue weighted by Gasteiger charge is -2.28. The second-order valence-corrected chi connectivity index (χ2v) is 6.10. The van der Waals surface area contributed by atoms with Gasteiger partial charge in [-0.1, -0.05) is 31.9 Å². The van der Waals surface area contributed by atoms with Crippen molar-refractivity contribution in [3.05, 3.63) is 30.1 Å². The van der Waals surface area contributed by atoms with E-state index in [1.165, 1.54) is 0 Å². The Labute approximate surface area is 140 Å². The van der Waals surface area contributed by atoms with Crippen LogP contribution in [0.3, 0.4) is 0 Å². The van der Waals surface area contributed by atoms with E-state index in [1.54, 1.807) is 0 Å². The summed E-state index contributed by atoms with van der Waals surface area (Å²) in [6, 6.07) is 6.91. The van der Waals surface area contributed by atoms with E-state index in [0.29, 0.717) is 11.5 Å². The van der Waals surface area contributed by atoms with Crippen LogP contribution in [0, 0.1) is 0 Å². The molecule has 0 saturated heterocycles. The number of nitrogens with zero attached hydrogens (tertiary/aromatic N) is 2. The molecular formula is C17H23N5O2. The largest absolute Gasteiger partial charge is 0.391 e. The molecule has 0 bridgehead atoms. The van der Waals surface area contributed by atoms with E-state index in [2.05, 4.69) is 25.8 Å². The Bertz CT molecular complexity index is 700. The molecule has 1 aromatic carbocycles. The molecular weight excluding hydrogens is 306 g/mol. The molecule has 7 heteroatoms. The average molecular weight is 329 g/mol. The molecule has 2 aromatic rings. The SMILES string of the molecule is CCc1nc(-c2cccc(NC(=O)N[C@H]3CCCC[C@@H]3O)c2)n[nH]1. The van der Waals surface area contributed by atoms with E-state index in [4.69, 9.17) is 0 Å². The van der Waals surface area contributed by atoms with Gasteiger partial charge in [0.2, 0.25) is 0 Å². The monoisotopic (exact) mass is 329 g/mol. The van der Waals surface area contributed by atoms with Crippen LogP contribution in [0.2, 0.25) is 0 Å². The molecule has 2 amide bonds. The number of rotatable bonds is 4. The van der Waals surface area contributed by atoms with Crippen molar-refractivity contribution in [2.24, 2.45) is 0 Å². The third-order valence-electron chi connectivity index (χ3n) is 4.29. The molecule has 2 atom stereocenters. The van der Waals surface area contributed by atoms with E-state index < -0.39 is 6.10 Å². The maximum atomic E-state index is 12.2. The Morgan fingerprint density at radius 1 is 1.38 bits per heavy atom. The quantitative estimate of drug-likeness (QED) is 0.692. The molecule has 128 valence electrons. The number of aromatic nitrogens is 3. The first-order valence-electron chi connectivity index (χ1n) is 8.43. The molecule has 0 unspecified atom stereocenters. The summed E-state index contributed by atoms with van der Waals surface area (Å²) in [5.74, 6) is 1.44. The number of hydrogen-bond donors (Lipinski definition) is 4. The van der Waals surface area contributed by atoms with Gasteiger partial charge in [0.1, 0.15) is 5.82 Å².